The fourth-order valence-electron chi connectivity index (χ4n) is 4.93. The van der Waals surface area contributed by atoms with Crippen molar-refractivity contribution in [2.45, 2.75) is 61.0 Å². The Balaban J connectivity index is 2.10. The summed E-state index contributed by atoms with van der Waals surface area (Å²) < 4.78 is 11.9. The SMILES string of the molecule is COC(=O)C12CCC[C@@](CO)(C1)O[C@@]2(C(Br)CCBr)C1CC1. The molecule has 1 N–H and O–H groups in total. The van der Waals surface area contributed by atoms with Crippen LogP contribution in [0.4, 0.5) is 0 Å². The van der Waals surface area contributed by atoms with Crippen LogP contribution in [0.2, 0.25) is 0 Å². The largest absolute Gasteiger partial charge is 0.469 e. The standard InChI is InChI=1S/C16H24Br2O4/c1-21-13(20)15-7-2-6-14(9-15,10-19)22-16(15,11-3-4-11)12(18)5-8-17/h11-12,19H,2-10H2,1H3/t12?,14-,15?,16+/m0/s1. The van der Waals surface area contributed by atoms with Crippen LogP contribution < -0.4 is 0 Å². The number of alkyl halides is 2. The van der Waals surface area contributed by atoms with Crippen LogP contribution in [0.3, 0.4) is 0 Å². The van der Waals surface area contributed by atoms with E-state index in [2.05, 4.69) is 31.9 Å². The fourth-order valence-corrected chi connectivity index (χ4v) is 7.13. The van der Waals surface area contributed by atoms with Crippen molar-refractivity contribution in [3.05, 3.63) is 0 Å². The van der Waals surface area contributed by atoms with Crippen LogP contribution >= 0.6 is 31.9 Å². The minimum Gasteiger partial charge on any atom is -0.469 e. The zero-order valence-corrected chi connectivity index (χ0v) is 16.1. The van der Waals surface area contributed by atoms with E-state index in [1.165, 1.54) is 7.11 Å². The van der Waals surface area contributed by atoms with Gasteiger partial charge in [0, 0.05) is 10.2 Å². The molecule has 22 heavy (non-hydrogen) atoms. The maximum absolute atomic E-state index is 12.8. The van der Waals surface area contributed by atoms with Crippen LogP contribution in [0.15, 0.2) is 0 Å². The summed E-state index contributed by atoms with van der Waals surface area (Å²) >= 11 is 7.36. The van der Waals surface area contributed by atoms with E-state index in [4.69, 9.17) is 9.47 Å². The normalized spacial score (nSPS) is 42.2. The fraction of sp³-hybridized carbons (Fsp3) is 0.938. The highest BCUT2D eigenvalue weighted by Gasteiger charge is 2.75. The number of carbonyl (C=O) groups is 1. The molecule has 0 aromatic heterocycles. The topological polar surface area (TPSA) is 55.8 Å². The molecule has 4 atom stereocenters. The van der Waals surface area contributed by atoms with Gasteiger partial charge >= 0.3 is 5.97 Å². The summed E-state index contributed by atoms with van der Waals surface area (Å²) in [6.07, 6.45) is 6.17. The van der Waals surface area contributed by atoms with Gasteiger partial charge in [-0.15, -0.1) is 0 Å². The van der Waals surface area contributed by atoms with E-state index >= 15 is 0 Å². The van der Waals surface area contributed by atoms with E-state index in [0.29, 0.717) is 12.3 Å². The van der Waals surface area contributed by atoms with E-state index in [-0.39, 0.29) is 17.4 Å². The minimum absolute atomic E-state index is 0.0196. The van der Waals surface area contributed by atoms with E-state index in [0.717, 1.165) is 43.9 Å². The van der Waals surface area contributed by atoms with Crippen molar-refractivity contribution < 1.29 is 19.4 Å². The summed E-state index contributed by atoms with van der Waals surface area (Å²) in [5.74, 6) is 0.218. The van der Waals surface area contributed by atoms with Crippen molar-refractivity contribution in [3.8, 4) is 0 Å². The molecule has 2 saturated carbocycles. The number of fused-ring (bicyclic) bond motifs is 2. The van der Waals surface area contributed by atoms with Crippen LogP contribution in [0.25, 0.3) is 0 Å². The van der Waals surface area contributed by atoms with Gasteiger partial charge in [-0.25, -0.2) is 0 Å². The van der Waals surface area contributed by atoms with Crippen molar-refractivity contribution in [3.63, 3.8) is 0 Å². The summed E-state index contributed by atoms with van der Waals surface area (Å²) in [7, 11) is 1.47. The highest BCUT2D eigenvalue weighted by Crippen LogP contribution is 2.68. The summed E-state index contributed by atoms with van der Waals surface area (Å²) in [5.41, 5.74) is -1.75. The van der Waals surface area contributed by atoms with Gasteiger partial charge in [-0.3, -0.25) is 4.79 Å². The van der Waals surface area contributed by atoms with Gasteiger partial charge in [-0.1, -0.05) is 31.9 Å². The Morgan fingerprint density at radius 1 is 1.45 bits per heavy atom. The average molecular weight is 440 g/mol. The van der Waals surface area contributed by atoms with Crippen LogP contribution in [-0.4, -0.2) is 46.2 Å². The summed E-state index contributed by atoms with van der Waals surface area (Å²) in [6.45, 7) is -0.0196. The number of rotatable bonds is 6. The van der Waals surface area contributed by atoms with Crippen molar-refractivity contribution in [2.75, 3.05) is 19.0 Å². The van der Waals surface area contributed by atoms with Gasteiger partial charge in [0.25, 0.3) is 0 Å². The molecule has 0 amide bonds. The first-order chi connectivity index (χ1) is 10.5. The number of halogens is 2. The lowest BCUT2D eigenvalue weighted by molar-refractivity contribution is -0.175. The highest BCUT2D eigenvalue weighted by atomic mass is 79.9. The summed E-state index contributed by atoms with van der Waals surface area (Å²) in [5, 5.41) is 10.8. The summed E-state index contributed by atoms with van der Waals surface area (Å²) in [6, 6.07) is 0. The number of hydrogen-bond acceptors (Lipinski definition) is 4. The predicted molar refractivity (Wildman–Crippen MR) is 90.4 cm³/mol. The molecule has 126 valence electrons. The molecule has 3 rings (SSSR count). The third-order valence-corrected chi connectivity index (χ3v) is 7.47. The first kappa shape index (κ1) is 17.2. The van der Waals surface area contributed by atoms with Gasteiger partial charge in [0.15, 0.2) is 0 Å². The minimum atomic E-state index is -0.625. The maximum Gasteiger partial charge on any atom is 0.314 e. The van der Waals surface area contributed by atoms with Crippen molar-refractivity contribution in [1.82, 2.24) is 0 Å². The van der Waals surface area contributed by atoms with E-state index < -0.39 is 16.6 Å². The third-order valence-electron chi connectivity index (χ3n) is 5.87. The Labute approximate surface area is 148 Å². The number of aliphatic hydroxyl groups excluding tert-OH is 1. The van der Waals surface area contributed by atoms with Crippen molar-refractivity contribution in [1.29, 1.82) is 0 Å². The molecule has 1 heterocycles. The molecule has 0 radical (unpaired) electrons. The number of aliphatic hydroxyl groups is 1. The number of carbonyl (C=O) groups excluding carboxylic acids is 1. The van der Waals surface area contributed by atoms with E-state index in [1.54, 1.807) is 0 Å². The van der Waals surface area contributed by atoms with Gasteiger partial charge in [0.05, 0.1) is 19.3 Å². The highest BCUT2D eigenvalue weighted by molar-refractivity contribution is 9.10. The second-order valence-electron chi connectivity index (χ2n) is 7.06. The molecular formula is C16H24Br2O4. The van der Waals surface area contributed by atoms with Crippen molar-refractivity contribution in [2.24, 2.45) is 11.3 Å². The first-order valence-corrected chi connectivity index (χ1v) is 10.1. The molecule has 2 aliphatic carbocycles. The Hall–Kier alpha value is 0.350. The van der Waals surface area contributed by atoms with Gasteiger partial charge in [0.1, 0.15) is 11.0 Å². The van der Waals surface area contributed by atoms with Crippen LogP contribution in [0, 0.1) is 11.3 Å². The van der Waals surface area contributed by atoms with Gasteiger partial charge < -0.3 is 14.6 Å². The number of ether oxygens (including phenoxy) is 2. The second-order valence-corrected chi connectivity index (χ2v) is 8.96. The maximum atomic E-state index is 12.8. The molecule has 0 aromatic carbocycles. The number of hydrogen-bond donors (Lipinski definition) is 1. The Bertz CT molecular complexity index is 455. The predicted octanol–water partition coefficient (Wildman–Crippen LogP) is 3.18. The molecular weight excluding hydrogens is 416 g/mol. The van der Waals surface area contributed by atoms with Gasteiger partial charge in [-0.05, 0) is 50.9 Å². The Kier molecular flexibility index (Phi) is 4.70. The summed E-state index contributed by atoms with van der Waals surface area (Å²) in [4.78, 5) is 12.9. The first-order valence-electron chi connectivity index (χ1n) is 8.10. The lowest BCUT2D eigenvalue weighted by Gasteiger charge is -2.46. The molecule has 2 unspecified atom stereocenters. The number of esters is 1. The molecule has 2 bridgehead atoms. The second kappa shape index (κ2) is 6.01. The lowest BCUT2D eigenvalue weighted by Crippen LogP contribution is -2.57. The monoisotopic (exact) mass is 438 g/mol. The van der Waals surface area contributed by atoms with Crippen molar-refractivity contribution >= 4 is 37.8 Å². The smallest absolute Gasteiger partial charge is 0.314 e. The van der Waals surface area contributed by atoms with Crippen LogP contribution in [0.5, 0.6) is 0 Å². The molecule has 0 spiro atoms. The molecule has 3 fully saturated rings. The third kappa shape index (κ3) is 2.24. The van der Waals surface area contributed by atoms with Gasteiger partial charge in [-0.2, -0.15) is 0 Å². The van der Waals surface area contributed by atoms with Crippen LogP contribution in [0.1, 0.15) is 44.9 Å². The van der Waals surface area contributed by atoms with E-state index in [1.807, 2.05) is 0 Å². The zero-order valence-electron chi connectivity index (χ0n) is 12.9. The van der Waals surface area contributed by atoms with Crippen LogP contribution in [-0.2, 0) is 14.3 Å². The van der Waals surface area contributed by atoms with Gasteiger partial charge in [0.2, 0.25) is 0 Å². The average Bonchev–Trinajstić information content (AvgIpc) is 3.34. The van der Waals surface area contributed by atoms with E-state index in [9.17, 15) is 9.90 Å². The quantitative estimate of drug-likeness (QED) is 0.510. The molecule has 6 heteroatoms. The molecule has 3 aliphatic rings. The molecule has 0 aromatic rings. The molecule has 4 nitrogen and oxygen atoms in total. The Morgan fingerprint density at radius 2 is 2.18 bits per heavy atom. The molecule has 1 aliphatic heterocycles. The lowest BCUT2D eigenvalue weighted by atomic mass is 9.60. The number of methoxy groups -OCH3 is 1. The zero-order chi connectivity index (χ0) is 16.0. The Morgan fingerprint density at radius 3 is 2.73 bits per heavy atom. The molecule has 1 saturated heterocycles.